The van der Waals surface area contributed by atoms with Crippen LogP contribution in [0, 0.1) is 11.3 Å². The van der Waals surface area contributed by atoms with Crippen molar-refractivity contribution in [2.24, 2.45) is 0 Å². The molecule has 0 unspecified atom stereocenters. The Labute approximate surface area is 172 Å². The highest BCUT2D eigenvalue weighted by Gasteiger charge is 2.17. The zero-order valence-electron chi connectivity index (χ0n) is 16.1. The number of fused-ring (bicyclic) bond motifs is 1. The van der Waals surface area contributed by atoms with Gasteiger partial charge >= 0.3 is 6.61 Å². The SMILES string of the molecule is CCOc1cccc(/C=C(\C#N)C(=O)Nc2cccc3ccccc23)c1OC(F)F. The highest BCUT2D eigenvalue weighted by Crippen LogP contribution is 2.34. The number of nitrogens with zero attached hydrogens (tertiary/aromatic N) is 1. The van der Waals surface area contributed by atoms with Crippen molar-refractivity contribution >= 4 is 28.4 Å². The Hall–Kier alpha value is -3.92. The monoisotopic (exact) mass is 408 g/mol. The van der Waals surface area contributed by atoms with Gasteiger partial charge < -0.3 is 14.8 Å². The van der Waals surface area contributed by atoms with E-state index in [4.69, 9.17) is 4.74 Å². The van der Waals surface area contributed by atoms with Crippen LogP contribution in [0.4, 0.5) is 14.5 Å². The first-order chi connectivity index (χ1) is 14.5. The van der Waals surface area contributed by atoms with Gasteiger partial charge in [-0.2, -0.15) is 14.0 Å². The van der Waals surface area contributed by atoms with Gasteiger partial charge in [-0.1, -0.05) is 48.5 Å². The molecule has 0 heterocycles. The lowest BCUT2D eigenvalue weighted by Gasteiger charge is -2.14. The highest BCUT2D eigenvalue weighted by molar-refractivity contribution is 6.13. The Bertz CT molecular complexity index is 1130. The molecule has 0 radical (unpaired) electrons. The summed E-state index contributed by atoms with van der Waals surface area (Å²) in [6.45, 7) is -1.15. The largest absolute Gasteiger partial charge is 0.490 e. The third-order valence-corrected chi connectivity index (χ3v) is 4.22. The van der Waals surface area contributed by atoms with Crippen LogP contribution in [0.1, 0.15) is 12.5 Å². The van der Waals surface area contributed by atoms with E-state index in [1.54, 1.807) is 25.1 Å². The minimum atomic E-state index is -3.09. The number of carbonyl (C=O) groups is 1. The minimum Gasteiger partial charge on any atom is -0.490 e. The van der Waals surface area contributed by atoms with Gasteiger partial charge in [0.1, 0.15) is 11.6 Å². The zero-order chi connectivity index (χ0) is 21.5. The van der Waals surface area contributed by atoms with Crippen molar-refractivity contribution in [3.63, 3.8) is 0 Å². The van der Waals surface area contributed by atoms with E-state index in [0.29, 0.717) is 5.69 Å². The molecule has 152 valence electrons. The maximum atomic E-state index is 12.9. The third-order valence-electron chi connectivity index (χ3n) is 4.22. The Morgan fingerprint density at radius 3 is 2.60 bits per heavy atom. The van der Waals surface area contributed by atoms with Crippen LogP contribution in [0.5, 0.6) is 11.5 Å². The molecule has 0 aliphatic rings. The lowest BCUT2D eigenvalue weighted by Crippen LogP contribution is -2.14. The first-order valence-electron chi connectivity index (χ1n) is 9.15. The molecule has 3 aromatic rings. The van der Waals surface area contributed by atoms with E-state index in [1.807, 2.05) is 36.4 Å². The topological polar surface area (TPSA) is 71.3 Å². The lowest BCUT2D eigenvalue weighted by atomic mass is 10.1. The van der Waals surface area contributed by atoms with Crippen molar-refractivity contribution in [3.8, 4) is 17.6 Å². The molecule has 0 aliphatic carbocycles. The third kappa shape index (κ3) is 4.73. The number of carbonyl (C=O) groups excluding carboxylic acids is 1. The molecule has 0 aliphatic heterocycles. The summed E-state index contributed by atoms with van der Waals surface area (Å²) >= 11 is 0. The molecule has 0 saturated carbocycles. The smallest absolute Gasteiger partial charge is 0.387 e. The summed E-state index contributed by atoms with van der Waals surface area (Å²) in [4.78, 5) is 12.7. The van der Waals surface area contributed by atoms with E-state index >= 15 is 0 Å². The van der Waals surface area contributed by atoms with Gasteiger partial charge in [0.15, 0.2) is 11.5 Å². The summed E-state index contributed by atoms with van der Waals surface area (Å²) in [6.07, 6.45) is 1.20. The van der Waals surface area contributed by atoms with Crippen molar-refractivity contribution in [1.82, 2.24) is 0 Å². The molecule has 5 nitrogen and oxygen atoms in total. The van der Waals surface area contributed by atoms with Crippen molar-refractivity contribution in [2.75, 3.05) is 11.9 Å². The number of rotatable bonds is 7. The molecule has 0 aromatic heterocycles. The number of hydrogen-bond donors (Lipinski definition) is 1. The van der Waals surface area contributed by atoms with Gasteiger partial charge in [-0.25, -0.2) is 0 Å². The van der Waals surface area contributed by atoms with Gasteiger partial charge in [0.05, 0.1) is 6.61 Å². The summed E-state index contributed by atoms with van der Waals surface area (Å²) in [5.41, 5.74) is 0.396. The van der Waals surface area contributed by atoms with Crippen LogP contribution in [0.2, 0.25) is 0 Å². The van der Waals surface area contributed by atoms with Gasteiger partial charge in [0.25, 0.3) is 5.91 Å². The maximum Gasteiger partial charge on any atom is 0.387 e. The molecule has 0 atom stereocenters. The van der Waals surface area contributed by atoms with Crippen molar-refractivity contribution in [3.05, 3.63) is 71.8 Å². The van der Waals surface area contributed by atoms with Crippen LogP contribution in [-0.4, -0.2) is 19.1 Å². The van der Waals surface area contributed by atoms with E-state index in [0.717, 1.165) is 10.8 Å². The first kappa shape index (κ1) is 20.8. The van der Waals surface area contributed by atoms with E-state index in [1.165, 1.54) is 18.2 Å². The van der Waals surface area contributed by atoms with Crippen molar-refractivity contribution in [1.29, 1.82) is 5.26 Å². The molecule has 7 heteroatoms. The Balaban J connectivity index is 1.96. The Morgan fingerprint density at radius 1 is 1.13 bits per heavy atom. The van der Waals surface area contributed by atoms with Gasteiger partial charge in [0.2, 0.25) is 0 Å². The number of ether oxygens (including phenoxy) is 2. The van der Waals surface area contributed by atoms with E-state index in [9.17, 15) is 18.8 Å². The normalized spacial score (nSPS) is 11.2. The van der Waals surface area contributed by atoms with E-state index < -0.39 is 12.5 Å². The predicted molar refractivity (Wildman–Crippen MR) is 110 cm³/mol. The molecule has 30 heavy (non-hydrogen) atoms. The van der Waals surface area contributed by atoms with Crippen LogP contribution in [0.3, 0.4) is 0 Å². The number of anilines is 1. The number of alkyl halides is 2. The van der Waals surface area contributed by atoms with Crippen LogP contribution >= 0.6 is 0 Å². The summed E-state index contributed by atoms with van der Waals surface area (Å²) in [7, 11) is 0. The second-order valence-electron chi connectivity index (χ2n) is 6.14. The van der Waals surface area contributed by atoms with Gasteiger partial charge in [-0.05, 0) is 30.5 Å². The molecule has 0 bridgehead atoms. The number of para-hydroxylation sites is 1. The van der Waals surface area contributed by atoms with Crippen LogP contribution < -0.4 is 14.8 Å². The van der Waals surface area contributed by atoms with Gasteiger partial charge in [-0.15, -0.1) is 0 Å². The van der Waals surface area contributed by atoms with Crippen LogP contribution in [0.15, 0.2) is 66.2 Å². The van der Waals surface area contributed by atoms with Crippen LogP contribution in [0.25, 0.3) is 16.8 Å². The van der Waals surface area contributed by atoms with E-state index in [2.05, 4.69) is 10.1 Å². The number of amides is 1. The molecule has 3 aromatic carbocycles. The molecule has 0 spiro atoms. The average Bonchev–Trinajstić information content (AvgIpc) is 2.74. The van der Waals surface area contributed by atoms with Crippen molar-refractivity contribution in [2.45, 2.75) is 13.5 Å². The zero-order valence-corrected chi connectivity index (χ0v) is 16.1. The fourth-order valence-corrected chi connectivity index (χ4v) is 2.96. The quantitative estimate of drug-likeness (QED) is 0.421. The van der Waals surface area contributed by atoms with Gasteiger partial charge in [-0.3, -0.25) is 4.79 Å². The molecule has 1 amide bonds. The fraction of sp³-hybridized carbons (Fsp3) is 0.130. The number of hydrogen-bond acceptors (Lipinski definition) is 4. The molecule has 0 saturated heterocycles. The lowest BCUT2D eigenvalue weighted by molar-refractivity contribution is -0.112. The standard InChI is InChI=1S/C23H18F2N2O3/c1-2-29-20-12-6-9-16(21(20)30-23(24)25)13-17(14-26)22(28)27-19-11-5-8-15-7-3-4-10-18(15)19/h3-13,23H,2H2,1H3,(H,27,28)/b17-13+. The second-order valence-corrected chi connectivity index (χ2v) is 6.14. The minimum absolute atomic E-state index is 0.0956. The molecule has 3 rings (SSSR count). The van der Waals surface area contributed by atoms with E-state index in [-0.39, 0.29) is 29.2 Å². The maximum absolute atomic E-state index is 12.9. The average molecular weight is 408 g/mol. The summed E-state index contributed by atoms with van der Waals surface area (Å²) < 4.78 is 35.7. The number of benzene rings is 3. The predicted octanol–water partition coefficient (Wildman–Crippen LogP) is 5.39. The molecular formula is C23H18F2N2O3. The summed E-state index contributed by atoms with van der Waals surface area (Å²) in [5.74, 6) is -0.808. The molecular weight excluding hydrogens is 390 g/mol. The summed E-state index contributed by atoms with van der Waals surface area (Å²) in [6, 6.07) is 19.2. The second kappa shape index (κ2) is 9.52. The van der Waals surface area contributed by atoms with Crippen LogP contribution in [-0.2, 0) is 4.79 Å². The molecule has 0 fully saturated rings. The van der Waals surface area contributed by atoms with Gasteiger partial charge in [0, 0.05) is 16.6 Å². The highest BCUT2D eigenvalue weighted by atomic mass is 19.3. The van der Waals surface area contributed by atoms with Crippen molar-refractivity contribution < 1.29 is 23.0 Å². The Morgan fingerprint density at radius 2 is 1.87 bits per heavy atom. The number of halogens is 2. The first-order valence-corrected chi connectivity index (χ1v) is 9.15. The number of nitrogens with one attached hydrogen (secondary N) is 1. The fourth-order valence-electron chi connectivity index (χ4n) is 2.96. The number of nitriles is 1. The summed E-state index contributed by atoms with van der Waals surface area (Å²) in [5, 5.41) is 13.9. The Kier molecular flexibility index (Phi) is 6.60. The molecule has 1 N–H and O–H groups in total.